The number of fused-ring (bicyclic) bond motifs is 1. The van der Waals surface area contributed by atoms with Crippen LogP contribution in [-0.4, -0.2) is 32.2 Å². The van der Waals surface area contributed by atoms with Crippen molar-refractivity contribution in [2.24, 2.45) is 0 Å². The van der Waals surface area contributed by atoms with Gasteiger partial charge in [0.2, 0.25) is 0 Å². The minimum atomic E-state index is -3.87. The molecule has 1 N–H and O–H groups in total. The number of aromatic amines is 1. The van der Waals surface area contributed by atoms with E-state index >= 15 is 0 Å². The number of rotatable bonds is 4. The van der Waals surface area contributed by atoms with E-state index in [9.17, 15) is 18.5 Å². The van der Waals surface area contributed by atoms with Crippen LogP contribution in [0.1, 0.15) is 30.9 Å². The molecule has 1 aromatic carbocycles. The second-order valence-corrected chi connectivity index (χ2v) is 8.52. The van der Waals surface area contributed by atoms with Gasteiger partial charge in [-0.25, -0.2) is 0 Å². The lowest BCUT2D eigenvalue weighted by Crippen LogP contribution is -2.22. The van der Waals surface area contributed by atoms with Crippen molar-refractivity contribution in [1.29, 1.82) is 5.26 Å². The summed E-state index contributed by atoms with van der Waals surface area (Å²) in [5.41, 5.74) is 1.33. The second kappa shape index (κ2) is 6.72. The molecule has 0 bridgehead atoms. The van der Waals surface area contributed by atoms with E-state index in [1.165, 1.54) is 30.7 Å². The van der Waals surface area contributed by atoms with E-state index in [1.807, 2.05) is 19.9 Å². The van der Waals surface area contributed by atoms with Crippen LogP contribution in [-0.2, 0) is 10.0 Å². The van der Waals surface area contributed by atoms with Crippen LogP contribution >= 0.6 is 0 Å². The Morgan fingerprint density at radius 1 is 1.14 bits per heavy atom. The molecule has 0 aliphatic rings. The zero-order chi connectivity index (χ0) is 20.8. The van der Waals surface area contributed by atoms with Crippen molar-refractivity contribution in [2.75, 3.05) is 0 Å². The van der Waals surface area contributed by atoms with Crippen LogP contribution in [0.2, 0.25) is 0 Å². The van der Waals surface area contributed by atoms with Crippen LogP contribution in [0.5, 0.6) is 0 Å². The van der Waals surface area contributed by atoms with E-state index in [1.54, 1.807) is 18.2 Å². The molecule has 0 fully saturated rings. The summed E-state index contributed by atoms with van der Waals surface area (Å²) in [6.45, 7) is 3.69. The molecule has 0 spiro atoms. The maximum Gasteiger partial charge on any atom is 0.282 e. The van der Waals surface area contributed by atoms with Crippen LogP contribution < -0.4 is 5.56 Å². The minimum absolute atomic E-state index is 0.102. The standard InChI is InChI=1S/C19H16N6O3S/c1-12(2)16-17(23-18-13(8-20)9-22-25(18)19(16)26)14-10-21-24(11-14)29(27,28)15-6-4-3-5-7-15/h3-7,9-12,23H,1-2H3. The van der Waals surface area contributed by atoms with Gasteiger partial charge in [0.05, 0.1) is 29.2 Å². The van der Waals surface area contributed by atoms with Crippen LogP contribution in [0, 0.1) is 11.3 Å². The first-order valence-corrected chi connectivity index (χ1v) is 10.2. The number of hydrogen-bond acceptors (Lipinski definition) is 6. The Hall–Kier alpha value is -3.71. The lowest BCUT2D eigenvalue weighted by molar-refractivity contribution is 0.580. The Morgan fingerprint density at radius 2 is 1.86 bits per heavy atom. The van der Waals surface area contributed by atoms with Gasteiger partial charge in [-0.2, -0.15) is 32.5 Å². The van der Waals surface area contributed by atoms with Crippen molar-refractivity contribution in [2.45, 2.75) is 24.7 Å². The van der Waals surface area contributed by atoms with Crippen molar-refractivity contribution in [3.05, 3.63) is 70.4 Å². The van der Waals surface area contributed by atoms with Gasteiger partial charge in [0, 0.05) is 11.1 Å². The zero-order valence-corrected chi connectivity index (χ0v) is 16.4. The number of hydrogen-bond donors (Lipinski definition) is 1. The van der Waals surface area contributed by atoms with Crippen molar-refractivity contribution >= 4 is 15.7 Å². The Kier molecular flexibility index (Phi) is 4.32. The van der Waals surface area contributed by atoms with E-state index in [-0.39, 0.29) is 27.6 Å². The lowest BCUT2D eigenvalue weighted by Gasteiger charge is -2.11. The van der Waals surface area contributed by atoms with Crippen LogP contribution in [0.3, 0.4) is 0 Å². The second-order valence-electron chi connectivity index (χ2n) is 6.72. The van der Waals surface area contributed by atoms with E-state index in [4.69, 9.17) is 0 Å². The third-order valence-electron chi connectivity index (χ3n) is 4.54. The van der Waals surface area contributed by atoms with Crippen LogP contribution in [0.4, 0.5) is 0 Å². The smallest absolute Gasteiger partial charge is 0.282 e. The quantitative estimate of drug-likeness (QED) is 0.551. The molecule has 0 aliphatic heterocycles. The van der Waals surface area contributed by atoms with Gasteiger partial charge < -0.3 is 4.98 Å². The summed E-state index contributed by atoms with van der Waals surface area (Å²) < 4.78 is 27.6. The van der Waals surface area contributed by atoms with Gasteiger partial charge in [0.15, 0.2) is 5.65 Å². The van der Waals surface area contributed by atoms with Gasteiger partial charge in [-0.05, 0) is 18.1 Å². The molecule has 0 unspecified atom stereocenters. The first-order chi connectivity index (χ1) is 13.8. The molecule has 3 heterocycles. The topological polar surface area (TPSA) is 126 Å². The molecule has 10 heteroatoms. The molecular formula is C19H16N6O3S. The number of H-pyrrole nitrogens is 1. The molecule has 3 aromatic heterocycles. The third kappa shape index (κ3) is 2.92. The van der Waals surface area contributed by atoms with Crippen molar-refractivity contribution < 1.29 is 8.42 Å². The van der Waals surface area contributed by atoms with Crippen molar-refractivity contribution in [3.8, 4) is 17.3 Å². The number of benzene rings is 1. The Labute approximate surface area is 165 Å². The molecule has 9 nitrogen and oxygen atoms in total. The molecule has 0 saturated carbocycles. The summed E-state index contributed by atoms with van der Waals surface area (Å²) in [6, 6.07) is 9.93. The molecule has 0 radical (unpaired) electrons. The van der Waals surface area contributed by atoms with Crippen molar-refractivity contribution in [1.82, 2.24) is 23.8 Å². The summed E-state index contributed by atoms with van der Waals surface area (Å²) in [5.74, 6) is -0.179. The number of aromatic nitrogens is 5. The summed E-state index contributed by atoms with van der Waals surface area (Å²) in [5, 5.41) is 17.3. The average molecular weight is 408 g/mol. The highest BCUT2D eigenvalue weighted by Crippen LogP contribution is 2.26. The van der Waals surface area contributed by atoms with Crippen molar-refractivity contribution in [3.63, 3.8) is 0 Å². The fourth-order valence-corrected chi connectivity index (χ4v) is 4.28. The monoisotopic (exact) mass is 408 g/mol. The maximum absolute atomic E-state index is 12.9. The van der Waals surface area contributed by atoms with Gasteiger partial charge in [0.1, 0.15) is 11.6 Å². The fraction of sp³-hybridized carbons (Fsp3) is 0.158. The molecule has 0 amide bonds. The van der Waals surface area contributed by atoms with E-state index in [0.717, 1.165) is 8.60 Å². The highest BCUT2D eigenvalue weighted by atomic mass is 32.2. The van der Waals surface area contributed by atoms with Gasteiger partial charge >= 0.3 is 0 Å². The molecule has 4 aromatic rings. The summed E-state index contributed by atoms with van der Waals surface area (Å²) in [4.78, 5) is 16.1. The highest BCUT2D eigenvalue weighted by Gasteiger charge is 2.23. The zero-order valence-electron chi connectivity index (χ0n) is 15.6. The van der Waals surface area contributed by atoms with Gasteiger partial charge in [-0.1, -0.05) is 32.0 Å². The van der Waals surface area contributed by atoms with E-state index < -0.39 is 10.0 Å². The van der Waals surface area contributed by atoms with E-state index in [0.29, 0.717) is 16.8 Å². The highest BCUT2D eigenvalue weighted by molar-refractivity contribution is 7.89. The molecular weight excluding hydrogens is 392 g/mol. The molecule has 146 valence electrons. The number of nitrogens with zero attached hydrogens (tertiary/aromatic N) is 5. The average Bonchev–Trinajstić information content (AvgIpc) is 3.35. The summed E-state index contributed by atoms with van der Waals surface area (Å²) in [6.07, 6.45) is 4.03. The van der Waals surface area contributed by atoms with Gasteiger partial charge in [-0.15, -0.1) is 0 Å². The largest absolute Gasteiger partial charge is 0.338 e. The predicted molar refractivity (Wildman–Crippen MR) is 105 cm³/mol. The Bertz CT molecular complexity index is 1420. The van der Waals surface area contributed by atoms with Crippen LogP contribution in [0.25, 0.3) is 16.9 Å². The summed E-state index contributed by atoms with van der Waals surface area (Å²) >= 11 is 0. The van der Waals surface area contributed by atoms with E-state index in [2.05, 4.69) is 15.2 Å². The first-order valence-electron chi connectivity index (χ1n) is 8.74. The SMILES string of the molecule is CC(C)c1c(-c2cnn(S(=O)(=O)c3ccccc3)c2)[nH]c2c(C#N)cnn2c1=O. The predicted octanol–water partition coefficient (Wildman–Crippen LogP) is 2.12. The molecule has 0 saturated heterocycles. The maximum atomic E-state index is 12.9. The molecule has 4 rings (SSSR count). The van der Waals surface area contributed by atoms with Gasteiger partial charge in [0.25, 0.3) is 15.6 Å². The fourth-order valence-electron chi connectivity index (χ4n) is 3.14. The molecule has 29 heavy (non-hydrogen) atoms. The van der Waals surface area contributed by atoms with Gasteiger partial charge in [-0.3, -0.25) is 4.79 Å². The summed E-state index contributed by atoms with van der Waals surface area (Å²) in [7, 11) is -3.87. The Balaban J connectivity index is 1.94. The minimum Gasteiger partial charge on any atom is -0.338 e. The molecule has 0 atom stereocenters. The third-order valence-corrected chi connectivity index (χ3v) is 6.10. The number of nitrogens with one attached hydrogen (secondary N) is 1. The van der Waals surface area contributed by atoms with Crippen LogP contribution in [0.15, 0.2) is 58.6 Å². The Morgan fingerprint density at radius 3 is 2.52 bits per heavy atom. The molecule has 0 aliphatic carbocycles. The normalized spacial score (nSPS) is 11.8. The lowest BCUT2D eigenvalue weighted by atomic mass is 10.00. The number of nitriles is 1. The first kappa shape index (κ1) is 18.6.